The van der Waals surface area contributed by atoms with Gasteiger partial charge >= 0.3 is 0 Å². The number of nitriles is 1. The van der Waals surface area contributed by atoms with Crippen molar-refractivity contribution < 1.29 is 0 Å². The van der Waals surface area contributed by atoms with Gasteiger partial charge < -0.3 is 16.8 Å². The molecule has 0 radical (unpaired) electrons. The van der Waals surface area contributed by atoms with Gasteiger partial charge in [-0.15, -0.1) is 0 Å². The standard InChI is InChI=1S/C21H19N9O/c1-12-4-2-6-15-17(12)20(31)30(13-5-3-8-25-11-13)16(27-15)7-9-26-19-14(10-22)18(23)28-21(24)29-19/h2-6,8,11H,7,9H2,1H3,(H5,23,24,26,28,29). The highest BCUT2D eigenvalue weighted by atomic mass is 16.1. The maximum atomic E-state index is 13.4. The molecule has 31 heavy (non-hydrogen) atoms. The number of pyridine rings is 1. The Morgan fingerprint density at radius 1 is 1.16 bits per heavy atom. The first-order valence-corrected chi connectivity index (χ1v) is 9.48. The summed E-state index contributed by atoms with van der Waals surface area (Å²) in [5.41, 5.74) is 13.4. The van der Waals surface area contributed by atoms with Gasteiger partial charge in [0.2, 0.25) is 5.95 Å². The third kappa shape index (κ3) is 3.72. The number of nitrogens with zero attached hydrogens (tertiary/aromatic N) is 6. The van der Waals surface area contributed by atoms with E-state index < -0.39 is 0 Å². The van der Waals surface area contributed by atoms with Crippen LogP contribution in [0.3, 0.4) is 0 Å². The number of nitrogens with two attached hydrogens (primary N) is 2. The molecule has 154 valence electrons. The molecule has 0 amide bonds. The number of nitrogens with one attached hydrogen (secondary N) is 1. The van der Waals surface area contributed by atoms with Crippen molar-refractivity contribution in [1.82, 2.24) is 24.5 Å². The zero-order valence-corrected chi connectivity index (χ0v) is 16.7. The maximum Gasteiger partial charge on any atom is 0.266 e. The van der Waals surface area contributed by atoms with Crippen LogP contribution in [0.15, 0.2) is 47.5 Å². The van der Waals surface area contributed by atoms with Crippen LogP contribution in [-0.4, -0.2) is 31.0 Å². The largest absolute Gasteiger partial charge is 0.382 e. The number of anilines is 3. The molecule has 3 heterocycles. The van der Waals surface area contributed by atoms with E-state index in [4.69, 9.17) is 16.5 Å². The van der Waals surface area contributed by atoms with Crippen LogP contribution in [0.2, 0.25) is 0 Å². The van der Waals surface area contributed by atoms with E-state index in [2.05, 4.69) is 20.3 Å². The van der Waals surface area contributed by atoms with Crippen molar-refractivity contribution in [2.24, 2.45) is 0 Å². The summed E-state index contributed by atoms with van der Waals surface area (Å²) in [6, 6.07) is 11.1. The zero-order chi connectivity index (χ0) is 22.0. The second-order valence-electron chi connectivity index (χ2n) is 6.83. The smallest absolute Gasteiger partial charge is 0.266 e. The van der Waals surface area contributed by atoms with Gasteiger partial charge in [0.05, 0.1) is 22.8 Å². The molecule has 3 aromatic heterocycles. The fourth-order valence-electron chi connectivity index (χ4n) is 3.39. The summed E-state index contributed by atoms with van der Waals surface area (Å²) >= 11 is 0. The van der Waals surface area contributed by atoms with Gasteiger partial charge in [-0.25, -0.2) is 4.98 Å². The van der Waals surface area contributed by atoms with Crippen LogP contribution in [0.1, 0.15) is 17.0 Å². The van der Waals surface area contributed by atoms with Crippen LogP contribution in [0.4, 0.5) is 17.6 Å². The van der Waals surface area contributed by atoms with Gasteiger partial charge in [0.15, 0.2) is 5.82 Å². The fourth-order valence-corrected chi connectivity index (χ4v) is 3.39. The molecule has 4 rings (SSSR count). The summed E-state index contributed by atoms with van der Waals surface area (Å²) < 4.78 is 1.55. The van der Waals surface area contributed by atoms with E-state index in [9.17, 15) is 10.1 Å². The van der Waals surface area contributed by atoms with Gasteiger partial charge in [-0.05, 0) is 30.7 Å². The first-order valence-electron chi connectivity index (χ1n) is 9.48. The van der Waals surface area contributed by atoms with Crippen molar-refractivity contribution in [3.63, 3.8) is 0 Å². The molecule has 4 aromatic rings. The van der Waals surface area contributed by atoms with Crippen molar-refractivity contribution in [1.29, 1.82) is 5.26 Å². The Bertz CT molecular complexity index is 1370. The number of hydrogen-bond donors (Lipinski definition) is 3. The minimum Gasteiger partial charge on any atom is -0.382 e. The number of fused-ring (bicyclic) bond motifs is 1. The van der Waals surface area contributed by atoms with Crippen LogP contribution >= 0.6 is 0 Å². The quantitative estimate of drug-likeness (QED) is 0.441. The Kier molecular flexibility index (Phi) is 5.15. The zero-order valence-electron chi connectivity index (χ0n) is 16.7. The van der Waals surface area contributed by atoms with Gasteiger partial charge in [-0.2, -0.15) is 15.2 Å². The van der Waals surface area contributed by atoms with Gasteiger partial charge in [-0.1, -0.05) is 12.1 Å². The highest BCUT2D eigenvalue weighted by Crippen LogP contribution is 2.19. The number of rotatable bonds is 5. The molecule has 10 nitrogen and oxygen atoms in total. The number of hydrogen-bond acceptors (Lipinski definition) is 9. The summed E-state index contributed by atoms with van der Waals surface area (Å²) in [5.74, 6) is 0.742. The van der Waals surface area contributed by atoms with E-state index in [0.717, 1.165) is 5.56 Å². The molecule has 10 heteroatoms. The molecule has 0 unspecified atom stereocenters. The van der Waals surface area contributed by atoms with Gasteiger partial charge in [0, 0.05) is 19.2 Å². The minimum absolute atomic E-state index is 0.00377. The Labute approximate surface area is 177 Å². The topological polar surface area (TPSA) is 161 Å². The average Bonchev–Trinajstić information content (AvgIpc) is 2.74. The summed E-state index contributed by atoms with van der Waals surface area (Å²) in [4.78, 5) is 30.1. The summed E-state index contributed by atoms with van der Waals surface area (Å²) in [6.45, 7) is 2.21. The Morgan fingerprint density at radius 2 is 2.00 bits per heavy atom. The molecule has 0 spiro atoms. The second-order valence-corrected chi connectivity index (χ2v) is 6.83. The van der Waals surface area contributed by atoms with Crippen molar-refractivity contribution in [2.45, 2.75) is 13.3 Å². The normalized spacial score (nSPS) is 10.7. The lowest BCUT2D eigenvalue weighted by Gasteiger charge is -2.15. The van der Waals surface area contributed by atoms with Crippen LogP contribution in [0.25, 0.3) is 16.6 Å². The van der Waals surface area contributed by atoms with E-state index in [1.807, 2.05) is 31.2 Å². The third-order valence-electron chi connectivity index (χ3n) is 4.79. The summed E-state index contributed by atoms with van der Waals surface area (Å²) in [5, 5.41) is 12.9. The van der Waals surface area contributed by atoms with Crippen LogP contribution in [0, 0.1) is 18.3 Å². The van der Waals surface area contributed by atoms with Crippen LogP contribution < -0.4 is 22.3 Å². The minimum atomic E-state index is -0.167. The van der Waals surface area contributed by atoms with Crippen molar-refractivity contribution in [2.75, 3.05) is 23.3 Å². The van der Waals surface area contributed by atoms with Gasteiger partial charge in [0.25, 0.3) is 5.56 Å². The molecule has 0 aliphatic carbocycles. The molecule has 0 aliphatic heterocycles. The predicted molar refractivity (Wildman–Crippen MR) is 118 cm³/mol. The lowest BCUT2D eigenvalue weighted by molar-refractivity contribution is 0.806. The molecular weight excluding hydrogens is 394 g/mol. The number of aryl methyl sites for hydroxylation is 1. The predicted octanol–water partition coefficient (Wildman–Crippen LogP) is 1.57. The molecule has 0 bridgehead atoms. The summed E-state index contributed by atoms with van der Waals surface area (Å²) in [6.07, 6.45) is 3.62. The fraction of sp³-hybridized carbons (Fsp3) is 0.143. The summed E-state index contributed by atoms with van der Waals surface area (Å²) in [7, 11) is 0. The molecule has 0 saturated heterocycles. The Hall–Kier alpha value is -4.52. The van der Waals surface area contributed by atoms with Crippen LogP contribution in [0.5, 0.6) is 0 Å². The molecule has 0 aliphatic rings. The first-order chi connectivity index (χ1) is 15.0. The molecule has 0 saturated carbocycles. The monoisotopic (exact) mass is 413 g/mol. The van der Waals surface area contributed by atoms with Crippen molar-refractivity contribution in [3.8, 4) is 11.8 Å². The van der Waals surface area contributed by atoms with E-state index >= 15 is 0 Å². The van der Waals surface area contributed by atoms with E-state index in [1.165, 1.54) is 0 Å². The third-order valence-corrected chi connectivity index (χ3v) is 4.79. The second kappa shape index (κ2) is 8.08. The van der Waals surface area contributed by atoms with Gasteiger partial charge in [0.1, 0.15) is 23.3 Å². The molecule has 0 fully saturated rings. The number of benzene rings is 1. The van der Waals surface area contributed by atoms with Crippen LogP contribution in [-0.2, 0) is 6.42 Å². The average molecular weight is 413 g/mol. The number of nitrogen functional groups attached to an aromatic ring is 2. The van der Waals surface area contributed by atoms with Crippen molar-refractivity contribution in [3.05, 3.63) is 70.0 Å². The highest BCUT2D eigenvalue weighted by molar-refractivity contribution is 5.81. The lowest BCUT2D eigenvalue weighted by Crippen LogP contribution is -2.26. The Balaban J connectivity index is 1.75. The Morgan fingerprint density at radius 3 is 2.74 bits per heavy atom. The van der Waals surface area contributed by atoms with E-state index in [-0.39, 0.29) is 28.7 Å². The maximum absolute atomic E-state index is 13.4. The SMILES string of the molecule is Cc1cccc2nc(CCNc3nc(N)nc(N)c3C#N)n(-c3cccnc3)c(=O)c12. The lowest BCUT2D eigenvalue weighted by atomic mass is 10.1. The van der Waals surface area contributed by atoms with Gasteiger partial charge in [-0.3, -0.25) is 14.3 Å². The molecule has 0 atom stereocenters. The highest BCUT2D eigenvalue weighted by Gasteiger charge is 2.15. The molecular formula is C21H19N9O. The number of aromatic nitrogens is 5. The van der Waals surface area contributed by atoms with Crippen molar-refractivity contribution >= 4 is 28.5 Å². The van der Waals surface area contributed by atoms with E-state index in [0.29, 0.717) is 35.4 Å². The van der Waals surface area contributed by atoms with E-state index in [1.54, 1.807) is 29.1 Å². The molecule has 1 aromatic carbocycles. The first kappa shape index (κ1) is 19.8. The molecule has 5 N–H and O–H groups in total.